The van der Waals surface area contributed by atoms with Gasteiger partial charge in [-0.15, -0.1) is 0 Å². The number of carbonyl (C=O) groups excluding carboxylic acids is 2. The average molecular weight is 314 g/mol. The van der Waals surface area contributed by atoms with Crippen molar-refractivity contribution in [3.05, 3.63) is 29.8 Å². The van der Waals surface area contributed by atoms with Crippen LogP contribution in [0.1, 0.15) is 48.9 Å². The van der Waals surface area contributed by atoms with Crippen molar-refractivity contribution in [1.82, 2.24) is 5.32 Å². The normalized spacial score (nSPS) is 28.4. The zero-order valence-electron chi connectivity index (χ0n) is 13.1. The molecule has 0 radical (unpaired) electrons. The molecule has 0 aromatic heterocycles. The van der Waals surface area contributed by atoms with Crippen LogP contribution in [0.4, 0.5) is 10.5 Å². The molecule has 0 spiro atoms. The lowest BCUT2D eigenvalue weighted by Gasteiger charge is -2.22. The van der Waals surface area contributed by atoms with E-state index in [9.17, 15) is 9.59 Å². The van der Waals surface area contributed by atoms with Crippen molar-refractivity contribution in [3.8, 4) is 0 Å². The molecular formula is C18H22N2O3. The molecule has 3 saturated carbocycles. The second kappa shape index (κ2) is 5.87. The number of anilines is 1. The number of esters is 1. The van der Waals surface area contributed by atoms with Crippen LogP contribution < -0.4 is 10.6 Å². The molecule has 1 aromatic carbocycles. The molecule has 2 amide bonds. The highest BCUT2D eigenvalue weighted by Crippen LogP contribution is 2.46. The Kier molecular flexibility index (Phi) is 3.71. The summed E-state index contributed by atoms with van der Waals surface area (Å²) in [5.74, 6) is 1.01. The number of urea groups is 1. The third kappa shape index (κ3) is 3.33. The summed E-state index contributed by atoms with van der Waals surface area (Å²) < 4.78 is 5.70. The van der Waals surface area contributed by atoms with Gasteiger partial charge in [0.1, 0.15) is 6.10 Å². The Morgan fingerprint density at radius 1 is 1.09 bits per heavy atom. The van der Waals surface area contributed by atoms with Crippen LogP contribution in [0.25, 0.3) is 0 Å². The number of ether oxygens (including phenoxy) is 1. The number of nitrogens with one attached hydrogen (secondary N) is 2. The van der Waals surface area contributed by atoms with Crippen molar-refractivity contribution in [2.24, 2.45) is 11.8 Å². The van der Waals surface area contributed by atoms with Crippen LogP contribution in [-0.2, 0) is 4.74 Å². The van der Waals surface area contributed by atoms with Gasteiger partial charge < -0.3 is 15.4 Å². The molecular weight excluding hydrogens is 292 g/mol. The maximum absolute atomic E-state index is 12.4. The summed E-state index contributed by atoms with van der Waals surface area (Å²) in [4.78, 5) is 24.1. The molecule has 5 heteroatoms. The highest BCUT2D eigenvalue weighted by Gasteiger charge is 2.41. The molecule has 2 N–H and O–H groups in total. The fraction of sp³-hybridized carbons (Fsp3) is 0.556. The highest BCUT2D eigenvalue weighted by molar-refractivity contribution is 5.94. The summed E-state index contributed by atoms with van der Waals surface area (Å²) in [5.41, 5.74) is 1.11. The minimum absolute atomic E-state index is 0.0797. The van der Waals surface area contributed by atoms with E-state index in [4.69, 9.17) is 4.74 Å². The summed E-state index contributed by atoms with van der Waals surface area (Å²) in [6.45, 7) is 0. The van der Waals surface area contributed by atoms with Crippen molar-refractivity contribution in [2.45, 2.75) is 50.7 Å². The molecule has 3 fully saturated rings. The first-order valence-electron chi connectivity index (χ1n) is 8.56. The Bertz CT molecular complexity index is 626. The van der Waals surface area contributed by atoms with E-state index in [0.717, 1.165) is 25.2 Å². The van der Waals surface area contributed by atoms with Crippen LogP contribution in [-0.4, -0.2) is 24.1 Å². The lowest BCUT2D eigenvalue weighted by molar-refractivity contribution is 0.0158. The van der Waals surface area contributed by atoms with Crippen molar-refractivity contribution in [3.63, 3.8) is 0 Å². The van der Waals surface area contributed by atoms with Gasteiger partial charge in [-0.1, -0.05) is 6.07 Å². The number of rotatable bonds is 4. The molecule has 0 saturated heterocycles. The van der Waals surface area contributed by atoms with Gasteiger partial charge >= 0.3 is 12.0 Å². The summed E-state index contributed by atoms with van der Waals surface area (Å²) >= 11 is 0. The number of hydrogen-bond acceptors (Lipinski definition) is 3. The van der Waals surface area contributed by atoms with E-state index in [2.05, 4.69) is 10.6 Å². The Morgan fingerprint density at radius 2 is 1.96 bits per heavy atom. The predicted molar refractivity (Wildman–Crippen MR) is 86.3 cm³/mol. The monoisotopic (exact) mass is 314 g/mol. The first-order valence-corrected chi connectivity index (χ1v) is 8.56. The molecule has 3 aliphatic carbocycles. The van der Waals surface area contributed by atoms with Gasteiger partial charge in [0.2, 0.25) is 0 Å². The number of amides is 2. The summed E-state index contributed by atoms with van der Waals surface area (Å²) in [6.07, 6.45) is 6.86. The van der Waals surface area contributed by atoms with Crippen LogP contribution >= 0.6 is 0 Å². The van der Waals surface area contributed by atoms with Crippen LogP contribution in [0.2, 0.25) is 0 Å². The van der Waals surface area contributed by atoms with Crippen molar-refractivity contribution in [2.75, 3.05) is 5.32 Å². The Morgan fingerprint density at radius 3 is 2.65 bits per heavy atom. The van der Waals surface area contributed by atoms with E-state index in [1.807, 2.05) is 0 Å². The van der Waals surface area contributed by atoms with Crippen molar-refractivity contribution < 1.29 is 14.3 Å². The average Bonchev–Trinajstić information content (AvgIpc) is 3.09. The molecule has 3 unspecified atom stereocenters. The second-order valence-electron chi connectivity index (χ2n) is 7.07. The largest absolute Gasteiger partial charge is 0.458 e. The van der Waals surface area contributed by atoms with Gasteiger partial charge in [0.05, 0.1) is 5.56 Å². The van der Waals surface area contributed by atoms with Crippen LogP contribution in [0.3, 0.4) is 0 Å². The van der Waals surface area contributed by atoms with Gasteiger partial charge in [-0.2, -0.15) is 0 Å². The van der Waals surface area contributed by atoms with Crippen LogP contribution in [0.15, 0.2) is 24.3 Å². The van der Waals surface area contributed by atoms with E-state index in [1.54, 1.807) is 24.3 Å². The molecule has 4 rings (SSSR count). The SMILES string of the molecule is O=C(Nc1cccc(C(=O)OC2CC3CCC2C3)c1)NC1CC1. The number of carbonyl (C=O) groups is 2. The smallest absolute Gasteiger partial charge is 0.338 e. The minimum atomic E-state index is -0.284. The van der Waals surface area contributed by atoms with Gasteiger partial charge in [0.15, 0.2) is 0 Å². The molecule has 23 heavy (non-hydrogen) atoms. The molecule has 0 heterocycles. The lowest BCUT2D eigenvalue weighted by Crippen LogP contribution is -2.30. The van der Waals surface area contributed by atoms with Crippen molar-refractivity contribution in [1.29, 1.82) is 0 Å². The van der Waals surface area contributed by atoms with Gasteiger partial charge in [0, 0.05) is 11.7 Å². The van der Waals surface area contributed by atoms with Gasteiger partial charge in [-0.05, 0) is 68.6 Å². The summed E-state index contributed by atoms with van der Waals surface area (Å²) in [6, 6.07) is 7.05. The minimum Gasteiger partial charge on any atom is -0.458 e. The quantitative estimate of drug-likeness (QED) is 0.838. The number of fused-ring (bicyclic) bond motifs is 2. The maximum atomic E-state index is 12.4. The summed E-state index contributed by atoms with van der Waals surface area (Å²) in [5, 5.41) is 5.63. The standard InChI is InChI=1S/C18H22N2O3/c21-17(23-16-9-11-4-5-12(16)8-11)13-2-1-3-15(10-13)20-18(22)19-14-6-7-14/h1-3,10-12,14,16H,4-9H2,(H2,19,20,22). The van der Waals surface area contributed by atoms with E-state index in [-0.39, 0.29) is 18.1 Å². The summed E-state index contributed by atoms with van der Waals surface area (Å²) in [7, 11) is 0. The van der Waals surface area contributed by atoms with E-state index >= 15 is 0 Å². The molecule has 122 valence electrons. The van der Waals surface area contributed by atoms with E-state index < -0.39 is 0 Å². The van der Waals surface area contributed by atoms with Gasteiger partial charge in [0.25, 0.3) is 0 Å². The number of hydrogen-bond donors (Lipinski definition) is 2. The Balaban J connectivity index is 1.37. The zero-order chi connectivity index (χ0) is 15.8. The fourth-order valence-corrected chi connectivity index (χ4v) is 3.84. The molecule has 5 nitrogen and oxygen atoms in total. The Labute approximate surface area is 135 Å². The van der Waals surface area contributed by atoms with Gasteiger partial charge in [-0.25, -0.2) is 9.59 Å². The second-order valence-corrected chi connectivity index (χ2v) is 7.07. The molecule has 3 atom stereocenters. The van der Waals surface area contributed by atoms with Crippen LogP contribution in [0, 0.1) is 11.8 Å². The highest BCUT2D eigenvalue weighted by atomic mass is 16.5. The predicted octanol–water partition coefficient (Wildman–Crippen LogP) is 3.32. The molecule has 3 aliphatic rings. The third-order valence-electron chi connectivity index (χ3n) is 5.20. The number of benzene rings is 1. The van der Waals surface area contributed by atoms with Gasteiger partial charge in [-0.3, -0.25) is 0 Å². The first kappa shape index (κ1) is 14.5. The lowest BCUT2D eigenvalue weighted by atomic mass is 9.98. The first-order chi connectivity index (χ1) is 11.2. The Hall–Kier alpha value is -2.04. The molecule has 1 aromatic rings. The molecule has 2 bridgehead atoms. The van der Waals surface area contributed by atoms with Crippen LogP contribution in [0.5, 0.6) is 0 Å². The van der Waals surface area contributed by atoms with E-state index in [1.165, 1.54) is 19.3 Å². The van der Waals surface area contributed by atoms with E-state index in [0.29, 0.717) is 23.2 Å². The zero-order valence-corrected chi connectivity index (χ0v) is 13.1. The molecule has 0 aliphatic heterocycles. The topological polar surface area (TPSA) is 67.4 Å². The third-order valence-corrected chi connectivity index (χ3v) is 5.20. The maximum Gasteiger partial charge on any atom is 0.338 e. The fourth-order valence-electron chi connectivity index (χ4n) is 3.84. The van der Waals surface area contributed by atoms with Crippen molar-refractivity contribution >= 4 is 17.7 Å².